The third-order valence-electron chi connectivity index (χ3n) is 1.59. The van der Waals surface area contributed by atoms with Crippen LogP contribution in [0.1, 0.15) is 5.56 Å². The van der Waals surface area contributed by atoms with Crippen LogP contribution >= 0.6 is 31.9 Å². The maximum atomic E-state index is 9.56. The van der Waals surface area contributed by atoms with Gasteiger partial charge < -0.3 is 15.1 Å². The van der Waals surface area contributed by atoms with Gasteiger partial charge in [0, 0.05) is 10.0 Å². The first-order valence-electron chi connectivity index (χ1n) is 3.54. The molecule has 0 saturated carbocycles. The number of hydrogen-bond acceptors (Lipinski definition) is 4. The summed E-state index contributed by atoms with van der Waals surface area (Å²) in [6.07, 6.45) is 1.23. The standard InChI is InChI=1S/C8H7Br2NO3/c1-14-5-2-4(3-11-13)6(9)7(10)8(5)12/h2-3,12-13H,1H3/b11-3+. The van der Waals surface area contributed by atoms with Crippen molar-refractivity contribution in [3.8, 4) is 11.5 Å². The second-order valence-corrected chi connectivity index (χ2v) is 3.98. The van der Waals surface area contributed by atoms with Crippen LogP contribution in [0.15, 0.2) is 20.2 Å². The van der Waals surface area contributed by atoms with Gasteiger partial charge in [-0.1, -0.05) is 5.16 Å². The van der Waals surface area contributed by atoms with Crippen molar-refractivity contribution in [3.63, 3.8) is 0 Å². The molecule has 0 radical (unpaired) electrons. The second-order valence-electron chi connectivity index (χ2n) is 2.39. The minimum atomic E-state index is -0.00513. The van der Waals surface area contributed by atoms with Crippen molar-refractivity contribution in [2.75, 3.05) is 7.11 Å². The topological polar surface area (TPSA) is 62.0 Å². The molecule has 4 nitrogen and oxygen atoms in total. The third-order valence-corrected chi connectivity index (χ3v) is 3.75. The summed E-state index contributed by atoms with van der Waals surface area (Å²) in [6, 6.07) is 1.55. The first-order valence-corrected chi connectivity index (χ1v) is 5.12. The van der Waals surface area contributed by atoms with Crippen LogP contribution in [-0.4, -0.2) is 23.6 Å². The fraction of sp³-hybridized carbons (Fsp3) is 0.125. The van der Waals surface area contributed by atoms with Crippen molar-refractivity contribution < 1.29 is 15.1 Å². The van der Waals surface area contributed by atoms with E-state index in [2.05, 4.69) is 37.0 Å². The minimum absolute atomic E-state index is 0.00513. The Kier molecular flexibility index (Phi) is 3.77. The summed E-state index contributed by atoms with van der Waals surface area (Å²) in [6.45, 7) is 0. The molecule has 6 heteroatoms. The van der Waals surface area contributed by atoms with E-state index >= 15 is 0 Å². The zero-order chi connectivity index (χ0) is 10.7. The highest BCUT2D eigenvalue weighted by Crippen LogP contribution is 2.41. The lowest BCUT2D eigenvalue weighted by Gasteiger charge is -2.08. The fourth-order valence-corrected chi connectivity index (χ4v) is 1.75. The van der Waals surface area contributed by atoms with Gasteiger partial charge in [0.25, 0.3) is 0 Å². The van der Waals surface area contributed by atoms with Crippen LogP contribution in [0.3, 0.4) is 0 Å². The summed E-state index contributed by atoms with van der Waals surface area (Å²) in [5.74, 6) is 0.296. The Morgan fingerprint density at radius 3 is 2.57 bits per heavy atom. The quantitative estimate of drug-likeness (QED) is 0.499. The highest BCUT2D eigenvalue weighted by atomic mass is 79.9. The van der Waals surface area contributed by atoms with Gasteiger partial charge in [0.15, 0.2) is 11.5 Å². The maximum Gasteiger partial charge on any atom is 0.173 e. The molecule has 0 aliphatic heterocycles. The summed E-state index contributed by atoms with van der Waals surface area (Å²) >= 11 is 6.40. The molecule has 0 aliphatic rings. The van der Waals surface area contributed by atoms with E-state index in [-0.39, 0.29) is 5.75 Å². The van der Waals surface area contributed by atoms with Crippen molar-refractivity contribution in [3.05, 3.63) is 20.6 Å². The number of benzene rings is 1. The van der Waals surface area contributed by atoms with E-state index in [1.54, 1.807) is 6.07 Å². The van der Waals surface area contributed by atoms with Crippen LogP contribution in [0, 0.1) is 0 Å². The Hall–Kier alpha value is -0.750. The molecule has 0 aliphatic carbocycles. The molecule has 0 heterocycles. The van der Waals surface area contributed by atoms with Crippen LogP contribution in [-0.2, 0) is 0 Å². The van der Waals surface area contributed by atoms with Gasteiger partial charge in [0.05, 0.1) is 17.8 Å². The molecule has 14 heavy (non-hydrogen) atoms. The normalized spacial score (nSPS) is 10.8. The average Bonchev–Trinajstić information content (AvgIpc) is 2.19. The first-order chi connectivity index (χ1) is 6.61. The van der Waals surface area contributed by atoms with E-state index in [1.807, 2.05) is 0 Å². The molecule has 0 amide bonds. The summed E-state index contributed by atoms with van der Waals surface area (Å²) in [5.41, 5.74) is 0.592. The van der Waals surface area contributed by atoms with Crippen molar-refractivity contribution >= 4 is 38.1 Å². The molecule has 0 unspecified atom stereocenters. The van der Waals surface area contributed by atoms with Crippen molar-refractivity contribution in [2.24, 2.45) is 5.16 Å². The number of hydrogen-bond donors (Lipinski definition) is 2. The van der Waals surface area contributed by atoms with Crippen LogP contribution < -0.4 is 4.74 Å². The van der Waals surface area contributed by atoms with E-state index in [1.165, 1.54) is 13.3 Å². The Morgan fingerprint density at radius 2 is 2.07 bits per heavy atom. The lowest BCUT2D eigenvalue weighted by atomic mass is 10.2. The fourth-order valence-electron chi connectivity index (χ4n) is 0.924. The molecule has 2 N–H and O–H groups in total. The molecule has 0 fully saturated rings. The van der Waals surface area contributed by atoms with E-state index in [9.17, 15) is 5.11 Å². The number of phenols is 1. The molecule has 1 rings (SSSR count). The molecule has 0 saturated heterocycles. The third kappa shape index (κ3) is 2.01. The Balaban J connectivity index is 3.40. The molecule has 0 spiro atoms. The highest BCUT2D eigenvalue weighted by Gasteiger charge is 2.13. The molecule has 0 bridgehead atoms. The van der Waals surface area contributed by atoms with Gasteiger partial charge in [-0.25, -0.2) is 0 Å². The SMILES string of the molecule is COc1cc(/C=N/O)c(Br)c(Br)c1O. The largest absolute Gasteiger partial charge is 0.503 e. The van der Waals surface area contributed by atoms with Gasteiger partial charge in [-0.15, -0.1) is 0 Å². The number of ether oxygens (including phenoxy) is 1. The number of nitrogens with zero attached hydrogens (tertiary/aromatic N) is 1. The Bertz CT molecular complexity index is 379. The van der Waals surface area contributed by atoms with E-state index < -0.39 is 0 Å². The van der Waals surface area contributed by atoms with Gasteiger partial charge in [-0.2, -0.15) is 0 Å². The Labute approximate surface area is 97.4 Å². The predicted octanol–water partition coefficient (Wildman–Crippen LogP) is 2.73. The number of phenolic OH excluding ortho intramolecular Hbond substituents is 1. The monoisotopic (exact) mass is 323 g/mol. The molecule has 1 aromatic carbocycles. The molecular weight excluding hydrogens is 318 g/mol. The van der Waals surface area contributed by atoms with Gasteiger partial charge in [0.2, 0.25) is 0 Å². The van der Waals surface area contributed by atoms with Crippen molar-refractivity contribution in [1.82, 2.24) is 0 Å². The van der Waals surface area contributed by atoms with Gasteiger partial charge in [-0.3, -0.25) is 0 Å². The second kappa shape index (κ2) is 4.65. The summed E-state index contributed by atoms with van der Waals surface area (Å²) in [4.78, 5) is 0. The number of aromatic hydroxyl groups is 1. The number of methoxy groups -OCH3 is 1. The van der Waals surface area contributed by atoms with Crippen LogP contribution in [0.5, 0.6) is 11.5 Å². The van der Waals surface area contributed by atoms with Gasteiger partial charge >= 0.3 is 0 Å². The van der Waals surface area contributed by atoms with Gasteiger partial charge in [0.1, 0.15) is 0 Å². The summed E-state index contributed by atoms with van der Waals surface area (Å²) < 4.78 is 5.97. The maximum absolute atomic E-state index is 9.56. The van der Waals surface area contributed by atoms with Crippen molar-refractivity contribution in [1.29, 1.82) is 0 Å². The zero-order valence-corrected chi connectivity index (χ0v) is 10.3. The smallest absolute Gasteiger partial charge is 0.173 e. The average molecular weight is 325 g/mol. The highest BCUT2D eigenvalue weighted by molar-refractivity contribution is 9.13. The van der Waals surface area contributed by atoms with Crippen LogP contribution in [0.2, 0.25) is 0 Å². The summed E-state index contributed by atoms with van der Waals surface area (Å²) in [5, 5.41) is 20.9. The van der Waals surface area contributed by atoms with E-state index in [0.717, 1.165) is 0 Å². The van der Waals surface area contributed by atoms with E-state index in [0.29, 0.717) is 20.3 Å². The van der Waals surface area contributed by atoms with Gasteiger partial charge in [-0.05, 0) is 37.9 Å². The predicted molar refractivity (Wildman–Crippen MR) is 59.4 cm³/mol. The number of halogens is 2. The zero-order valence-electron chi connectivity index (χ0n) is 7.16. The number of oxime groups is 1. The molecule has 76 valence electrons. The Morgan fingerprint density at radius 1 is 1.43 bits per heavy atom. The summed E-state index contributed by atoms with van der Waals surface area (Å²) in [7, 11) is 1.44. The lowest BCUT2D eigenvalue weighted by molar-refractivity contribution is 0.321. The molecule has 0 aromatic heterocycles. The van der Waals surface area contributed by atoms with Crippen LogP contribution in [0.25, 0.3) is 0 Å². The molecule has 0 atom stereocenters. The minimum Gasteiger partial charge on any atom is -0.503 e. The van der Waals surface area contributed by atoms with Crippen LogP contribution in [0.4, 0.5) is 0 Å². The first kappa shape index (κ1) is 11.3. The number of rotatable bonds is 2. The van der Waals surface area contributed by atoms with Crippen molar-refractivity contribution in [2.45, 2.75) is 0 Å². The lowest BCUT2D eigenvalue weighted by Crippen LogP contribution is -1.91. The molecular formula is C8H7Br2NO3. The molecule has 1 aromatic rings. The van der Waals surface area contributed by atoms with E-state index in [4.69, 9.17) is 9.94 Å².